The number of methoxy groups -OCH3 is 2. The van der Waals surface area contributed by atoms with Crippen molar-refractivity contribution in [2.45, 2.75) is 19.9 Å². The molecule has 3 rings (SSSR count). The zero-order chi connectivity index (χ0) is 20.8. The van der Waals surface area contributed by atoms with E-state index >= 15 is 0 Å². The largest absolute Gasteiger partial charge is 0.497 e. The average molecular weight is 398 g/mol. The number of amides is 2. The highest BCUT2D eigenvalue weighted by atomic mass is 16.5. The smallest absolute Gasteiger partial charge is 0.227 e. The first-order valence-corrected chi connectivity index (χ1v) is 9.57. The SMILES string of the molecule is CCOc1cc(CNC(=O)C2CC(=O)N(c3ccc(OC)cc3)C2)ccc1OC. The van der Waals surface area contributed by atoms with E-state index in [9.17, 15) is 9.59 Å². The Morgan fingerprint density at radius 3 is 2.52 bits per heavy atom. The van der Waals surface area contributed by atoms with Crippen LogP contribution in [0.4, 0.5) is 5.69 Å². The van der Waals surface area contributed by atoms with Gasteiger partial charge in [0.25, 0.3) is 0 Å². The van der Waals surface area contributed by atoms with Crippen molar-refractivity contribution in [2.24, 2.45) is 5.92 Å². The number of nitrogens with one attached hydrogen (secondary N) is 1. The van der Waals surface area contributed by atoms with E-state index in [1.807, 2.05) is 37.3 Å². The third kappa shape index (κ3) is 4.80. The maximum absolute atomic E-state index is 12.6. The second-order valence-corrected chi connectivity index (χ2v) is 6.74. The molecule has 1 fully saturated rings. The molecule has 1 aliphatic heterocycles. The quantitative estimate of drug-likeness (QED) is 0.740. The maximum atomic E-state index is 12.6. The molecule has 154 valence electrons. The Labute approximate surface area is 170 Å². The van der Waals surface area contributed by atoms with Crippen molar-refractivity contribution in [1.29, 1.82) is 0 Å². The number of carbonyl (C=O) groups is 2. The van der Waals surface area contributed by atoms with Crippen LogP contribution in [-0.2, 0) is 16.1 Å². The van der Waals surface area contributed by atoms with E-state index in [0.717, 1.165) is 17.0 Å². The van der Waals surface area contributed by atoms with E-state index in [1.165, 1.54) is 0 Å². The van der Waals surface area contributed by atoms with Crippen LogP contribution in [-0.4, -0.2) is 39.2 Å². The van der Waals surface area contributed by atoms with Crippen LogP contribution in [0.1, 0.15) is 18.9 Å². The molecule has 1 N–H and O–H groups in total. The Bertz CT molecular complexity index is 866. The van der Waals surface area contributed by atoms with Gasteiger partial charge in [0, 0.05) is 25.2 Å². The predicted molar refractivity (Wildman–Crippen MR) is 109 cm³/mol. The minimum atomic E-state index is -0.380. The van der Waals surface area contributed by atoms with E-state index in [1.54, 1.807) is 31.3 Å². The number of rotatable bonds is 8. The molecule has 0 aromatic heterocycles. The van der Waals surface area contributed by atoms with E-state index in [4.69, 9.17) is 14.2 Å². The second kappa shape index (κ2) is 9.32. The molecule has 1 atom stereocenters. The topological polar surface area (TPSA) is 77.1 Å². The van der Waals surface area contributed by atoms with Crippen LogP contribution in [0.5, 0.6) is 17.2 Å². The van der Waals surface area contributed by atoms with E-state index in [0.29, 0.717) is 31.2 Å². The first-order chi connectivity index (χ1) is 14.0. The molecule has 7 nitrogen and oxygen atoms in total. The molecule has 1 saturated heterocycles. The number of hydrogen-bond donors (Lipinski definition) is 1. The minimum Gasteiger partial charge on any atom is -0.497 e. The summed E-state index contributed by atoms with van der Waals surface area (Å²) >= 11 is 0. The second-order valence-electron chi connectivity index (χ2n) is 6.74. The molecule has 2 amide bonds. The summed E-state index contributed by atoms with van der Waals surface area (Å²) < 4.78 is 16.0. The van der Waals surface area contributed by atoms with E-state index < -0.39 is 0 Å². The monoisotopic (exact) mass is 398 g/mol. The lowest BCUT2D eigenvalue weighted by Crippen LogP contribution is -2.32. The lowest BCUT2D eigenvalue weighted by atomic mass is 10.1. The van der Waals surface area contributed by atoms with Crippen molar-refractivity contribution in [1.82, 2.24) is 5.32 Å². The fourth-order valence-corrected chi connectivity index (χ4v) is 3.33. The van der Waals surface area contributed by atoms with Crippen LogP contribution < -0.4 is 24.4 Å². The van der Waals surface area contributed by atoms with Crippen LogP contribution >= 0.6 is 0 Å². The Kier molecular flexibility index (Phi) is 6.59. The zero-order valence-electron chi connectivity index (χ0n) is 16.9. The number of benzene rings is 2. The fraction of sp³-hybridized carbons (Fsp3) is 0.364. The normalized spacial score (nSPS) is 15.9. The van der Waals surface area contributed by atoms with Gasteiger partial charge in [-0.2, -0.15) is 0 Å². The van der Waals surface area contributed by atoms with Gasteiger partial charge in [-0.1, -0.05) is 6.07 Å². The lowest BCUT2D eigenvalue weighted by molar-refractivity contribution is -0.126. The molecule has 29 heavy (non-hydrogen) atoms. The van der Waals surface area contributed by atoms with E-state index in [-0.39, 0.29) is 24.2 Å². The van der Waals surface area contributed by atoms with Gasteiger partial charge >= 0.3 is 0 Å². The van der Waals surface area contributed by atoms with Gasteiger partial charge in [-0.25, -0.2) is 0 Å². The van der Waals surface area contributed by atoms with Gasteiger partial charge in [0.1, 0.15) is 5.75 Å². The van der Waals surface area contributed by atoms with Crippen molar-refractivity contribution in [3.05, 3.63) is 48.0 Å². The lowest BCUT2D eigenvalue weighted by Gasteiger charge is -2.17. The molecular weight excluding hydrogens is 372 g/mol. The molecule has 0 radical (unpaired) electrons. The highest BCUT2D eigenvalue weighted by molar-refractivity contribution is 6.00. The number of ether oxygens (including phenoxy) is 3. The first-order valence-electron chi connectivity index (χ1n) is 9.57. The van der Waals surface area contributed by atoms with Crippen LogP contribution in [0, 0.1) is 5.92 Å². The Balaban J connectivity index is 1.60. The maximum Gasteiger partial charge on any atom is 0.227 e. The molecular formula is C22H26N2O5. The van der Waals surface area contributed by atoms with Crippen molar-refractivity contribution in [2.75, 3.05) is 32.3 Å². The summed E-state index contributed by atoms with van der Waals surface area (Å²) in [5.41, 5.74) is 1.67. The van der Waals surface area contributed by atoms with Gasteiger partial charge in [-0.15, -0.1) is 0 Å². The molecule has 7 heteroatoms. The highest BCUT2D eigenvalue weighted by Crippen LogP contribution is 2.29. The molecule has 1 unspecified atom stereocenters. The first kappa shape index (κ1) is 20.5. The van der Waals surface area contributed by atoms with Gasteiger partial charge in [0.15, 0.2) is 11.5 Å². The summed E-state index contributed by atoms with van der Waals surface area (Å²) in [6, 6.07) is 12.8. The molecule has 0 aliphatic carbocycles. The summed E-state index contributed by atoms with van der Waals surface area (Å²) in [6.07, 6.45) is 0.199. The molecule has 0 bridgehead atoms. The standard InChI is InChI=1S/C22H26N2O5/c1-4-29-20-11-15(5-10-19(20)28-3)13-23-22(26)16-12-21(25)24(14-16)17-6-8-18(27-2)9-7-17/h5-11,16H,4,12-14H2,1-3H3,(H,23,26). The minimum absolute atomic E-state index is 0.0570. The number of anilines is 1. The van der Waals surface area contributed by atoms with Crippen LogP contribution in [0.3, 0.4) is 0 Å². The zero-order valence-corrected chi connectivity index (χ0v) is 16.9. The van der Waals surface area contributed by atoms with Gasteiger partial charge in [0.05, 0.1) is 26.7 Å². The molecule has 2 aromatic carbocycles. The van der Waals surface area contributed by atoms with Crippen molar-refractivity contribution >= 4 is 17.5 Å². The van der Waals surface area contributed by atoms with Crippen LogP contribution in [0.15, 0.2) is 42.5 Å². The Morgan fingerprint density at radius 2 is 1.86 bits per heavy atom. The van der Waals surface area contributed by atoms with Gasteiger partial charge < -0.3 is 24.4 Å². The third-order valence-corrected chi connectivity index (χ3v) is 4.87. The molecule has 1 heterocycles. The fourth-order valence-electron chi connectivity index (χ4n) is 3.33. The van der Waals surface area contributed by atoms with E-state index in [2.05, 4.69) is 5.32 Å². The third-order valence-electron chi connectivity index (χ3n) is 4.87. The summed E-state index contributed by atoms with van der Waals surface area (Å²) in [7, 11) is 3.18. The van der Waals surface area contributed by atoms with Crippen LogP contribution in [0.2, 0.25) is 0 Å². The number of carbonyl (C=O) groups excluding carboxylic acids is 2. The highest BCUT2D eigenvalue weighted by Gasteiger charge is 2.35. The van der Waals surface area contributed by atoms with Crippen molar-refractivity contribution < 1.29 is 23.8 Å². The Morgan fingerprint density at radius 1 is 1.10 bits per heavy atom. The van der Waals surface area contributed by atoms with Crippen molar-refractivity contribution in [3.63, 3.8) is 0 Å². The van der Waals surface area contributed by atoms with Gasteiger partial charge in [-0.3, -0.25) is 9.59 Å². The molecule has 0 saturated carbocycles. The molecule has 0 spiro atoms. The van der Waals surface area contributed by atoms with Gasteiger partial charge in [-0.05, 0) is 48.9 Å². The van der Waals surface area contributed by atoms with Gasteiger partial charge in [0.2, 0.25) is 11.8 Å². The molecule has 2 aromatic rings. The molecule has 1 aliphatic rings. The summed E-state index contributed by atoms with van der Waals surface area (Å²) in [5.74, 6) is 1.44. The summed E-state index contributed by atoms with van der Waals surface area (Å²) in [4.78, 5) is 26.6. The number of nitrogens with zero attached hydrogens (tertiary/aromatic N) is 1. The summed E-state index contributed by atoms with van der Waals surface area (Å²) in [6.45, 7) is 3.15. The average Bonchev–Trinajstić information content (AvgIpc) is 3.14. The predicted octanol–water partition coefficient (Wildman–Crippen LogP) is 2.77. The van der Waals surface area contributed by atoms with Crippen LogP contribution in [0.25, 0.3) is 0 Å². The Hall–Kier alpha value is -3.22. The number of hydrogen-bond acceptors (Lipinski definition) is 5. The summed E-state index contributed by atoms with van der Waals surface area (Å²) in [5, 5.41) is 2.92. The van der Waals surface area contributed by atoms with Crippen molar-refractivity contribution in [3.8, 4) is 17.2 Å².